The maximum absolute atomic E-state index is 9.88. The highest BCUT2D eigenvalue weighted by Gasteiger charge is 2.02. The molecule has 0 atom stereocenters. The van der Waals surface area contributed by atoms with E-state index in [-0.39, 0.29) is 0 Å². The van der Waals surface area contributed by atoms with Crippen molar-refractivity contribution in [3.05, 3.63) is 40.8 Å². The molecule has 2 N–H and O–H groups in total. The van der Waals surface area contributed by atoms with Gasteiger partial charge in [0.2, 0.25) is 6.41 Å². The summed E-state index contributed by atoms with van der Waals surface area (Å²) in [5.41, 5.74) is 1.82. The molecule has 154 valence electrons. The van der Waals surface area contributed by atoms with Crippen LogP contribution in [0.1, 0.15) is 5.69 Å². The Bertz CT molecular complexity index is 694. The predicted octanol–water partition coefficient (Wildman–Crippen LogP) is 2.80. The zero-order valence-corrected chi connectivity index (χ0v) is 18.3. The highest BCUT2D eigenvalue weighted by Crippen LogP contribution is 2.26. The van der Waals surface area contributed by atoms with Gasteiger partial charge < -0.3 is 25.0 Å². The summed E-state index contributed by atoms with van der Waals surface area (Å²) in [6.45, 7) is 5.85. The summed E-state index contributed by atoms with van der Waals surface area (Å²) in [5, 5.41) is 5.41. The minimum Gasteiger partial charge on any atom is -0.495 e. The average Bonchev–Trinajstić information content (AvgIpc) is 2.71. The lowest BCUT2D eigenvalue weighted by Crippen LogP contribution is -2.32. The van der Waals surface area contributed by atoms with E-state index in [1.54, 1.807) is 13.3 Å². The molecule has 0 unspecified atom stereocenters. The maximum Gasteiger partial charge on any atom is 0.212 e. The van der Waals surface area contributed by atoms with E-state index in [0.717, 1.165) is 47.9 Å². The number of nitrogens with one attached hydrogen (secondary N) is 2. The highest BCUT2D eigenvalue weighted by molar-refractivity contribution is 9.10. The second-order valence-corrected chi connectivity index (χ2v) is 6.73. The molecule has 2 aromatic rings. The number of hydrogen-bond acceptors (Lipinski definition) is 7. The number of likely N-dealkylation sites (N-methyl/N-ethyl adjacent to an activating group) is 1. The number of aromatic nitrogens is 2. The summed E-state index contributed by atoms with van der Waals surface area (Å²) in [5.74, 6) is 1.33. The van der Waals surface area contributed by atoms with Gasteiger partial charge in [0, 0.05) is 24.6 Å². The lowest BCUT2D eigenvalue weighted by Gasteiger charge is -2.21. The van der Waals surface area contributed by atoms with Gasteiger partial charge in [0.05, 0.1) is 44.1 Å². The largest absolute Gasteiger partial charge is 0.495 e. The van der Waals surface area contributed by atoms with Crippen molar-refractivity contribution in [3.63, 3.8) is 0 Å². The van der Waals surface area contributed by atoms with Crippen molar-refractivity contribution in [1.82, 2.24) is 14.9 Å². The third-order valence-corrected chi connectivity index (χ3v) is 4.15. The van der Waals surface area contributed by atoms with E-state index >= 15 is 0 Å². The van der Waals surface area contributed by atoms with Crippen LogP contribution in [0.5, 0.6) is 5.75 Å². The van der Waals surface area contributed by atoms with Crippen LogP contribution < -0.4 is 15.4 Å². The van der Waals surface area contributed by atoms with Crippen LogP contribution in [-0.2, 0) is 9.53 Å². The van der Waals surface area contributed by atoms with E-state index in [4.69, 9.17) is 9.47 Å². The Morgan fingerprint density at radius 3 is 2.43 bits per heavy atom. The van der Waals surface area contributed by atoms with Crippen molar-refractivity contribution < 1.29 is 14.3 Å². The number of aryl methyl sites for hydroxylation is 1. The van der Waals surface area contributed by atoms with Crippen molar-refractivity contribution in [2.75, 3.05) is 58.1 Å². The Labute approximate surface area is 174 Å². The molecule has 1 saturated heterocycles. The monoisotopic (exact) mass is 453 g/mol. The number of nitrogens with zero attached hydrogens (tertiary/aromatic N) is 3. The SMILES string of the molecule is CN1CCOCC1.CNc1cc(Br)ccc1OC.Cc1cnc(NC=O)cn1. The van der Waals surface area contributed by atoms with Crippen LogP contribution in [0.2, 0.25) is 0 Å². The normalized spacial score (nSPS) is 13.2. The molecule has 0 bridgehead atoms. The van der Waals surface area contributed by atoms with Crippen molar-refractivity contribution in [1.29, 1.82) is 0 Å². The summed E-state index contributed by atoms with van der Waals surface area (Å²) in [7, 11) is 5.64. The molecule has 28 heavy (non-hydrogen) atoms. The fourth-order valence-electron chi connectivity index (χ4n) is 2.06. The van der Waals surface area contributed by atoms with Crippen LogP contribution in [0, 0.1) is 6.92 Å². The third-order valence-electron chi connectivity index (χ3n) is 3.65. The number of benzene rings is 1. The number of ether oxygens (including phenoxy) is 2. The molecule has 0 radical (unpaired) electrons. The van der Waals surface area contributed by atoms with Crippen LogP contribution in [-0.4, -0.2) is 68.8 Å². The number of morpholine rings is 1. The average molecular weight is 454 g/mol. The molecule has 2 heterocycles. The molecule has 1 aromatic carbocycles. The molecule has 0 spiro atoms. The van der Waals surface area contributed by atoms with E-state index in [2.05, 4.69) is 48.5 Å². The van der Waals surface area contributed by atoms with E-state index < -0.39 is 0 Å². The maximum atomic E-state index is 9.88. The summed E-state index contributed by atoms with van der Waals surface area (Å²) < 4.78 is 11.3. The van der Waals surface area contributed by atoms with Gasteiger partial charge in [0.1, 0.15) is 5.75 Å². The number of hydrogen-bond donors (Lipinski definition) is 2. The molecular weight excluding hydrogens is 426 g/mol. The summed E-state index contributed by atoms with van der Waals surface area (Å²) in [6, 6.07) is 5.83. The first-order chi connectivity index (χ1) is 13.5. The van der Waals surface area contributed by atoms with E-state index in [1.165, 1.54) is 6.20 Å². The highest BCUT2D eigenvalue weighted by atomic mass is 79.9. The standard InChI is InChI=1S/C8H10BrNO.C6H7N3O.C5H11NO/c1-10-7-5-6(9)3-4-8(7)11-2;1-5-2-8-6(3-7-5)9-4-10;1-6-2-4-7-5-3-6/h3-5,10H,1-2H3;2-4H,1H3,(H,8,9,10);2-5H2,1H3. The van der Waals surface area contributed by atoms with Crippen LogP contribution in [0.3, 0.4) is 0 Å². The fourth-order valence-corrected chi connectivity index (χ4v) is 2.42. The Balaban J connectivity index is 0.000000215. The van der Waals surface area contributed by atoms with Crippen LogP contribution in [0.4, 0.5) is 11.5 Å². The zero-order chi connectivity index (χ0) is 20.8. The lowest BCUT2D eigenvalue weighted by molar-refractivity contribution is -0.105. The van der Waals surface area contributed by atoms with E-state index in [9.17, 15) is 4.79 Å². The van der Waals surface area contributed by atoms with Gasteiger partial charge in [-0.1, -0.05) is 15.9 Å². The summed E-state index contributed by atoms with van der Waals surface area (Å²) in [6.07, 6.45) is 3.66. The van der Waals surface area contributed by atoms with Crippen LogP contribution >= 0.6 is 15.9 Å². The number of carbonyl (C=O) groups is 1. The fraction of sp³-hybridized carbons (Fsp3) is 0.421. The second-order valence-electron chi connectivity index (χ2n) is 5.82. The predicted molar refractivity (Wildman–Crippen MR) is 115 cm³/mol. The first-order valence-electron chi connectivity index (χ1n) is 8.76. The van der Waals surface area contributed by atoms with Gasteiger partial charge in [-0.05, 0) is 32.2 Å². The molecule has 1 amide bonds. The smallest absolute Gasteiger partial charge is 0.212 e. The Morgan fingerprint density at radius 1 is 1.25 bits per heavy atom. The molecule has 8 nitrogen and oxygen atoms in total. The number of methoxy groups -OCH3 is 1. The van der Waals surface area contributed by atoms with E-state index in [1.807, 2.05) is 32.2 Å². The molecule has 1 aliphatic rings. The van der Waals surface area contributed by atoms with Gasteiger partial charge in [0.15, 0.2) is 5.82 Å². The molecule has 1 aromatic heterocycles. The van der Waals surface area contributed by atoms with Crippen LogP contribution in [0.25, 0.3) is 0 Å². The Kier molecular flexibility index (Phi) is 11.8. The number of rotatable bonds is 4. The molecule has 1 aliphatic heterocycles. The summed E-state index contributed by atoms with van der Waals surface area (Å²) >= 11 is 3.37. The Morgan fingerprint density at radius 2 is 1.96 bits per heavy atom. The minimum absolute atomic E-state index is 0.473. The topological polar surface area (TPSA) is 88.6 Å². The molecule has 0 saturated carbocycles. The van der Waals surface area contributed by atoms with Crippen molar-refractivity contribution >= 4 is 33.8 Å². The van der Waals surface area contributed by atoms with Crippen molar-refractivity contribution in [2.45, 2.75) is 6.92 Å². The Hall–Kier alpha value is -2.23. The molecule has 9 heteroatoms. The third kappa shape index (κ3) is 9.63. The molecular formula is C19H28BrN5O3. The van der Waals surface area contributed by atoms with Gasteiger partial charge >= 0.3 is 0 Å². The lowest BCUT2D eigenvalue weighted by atomic mass is 10.3. The second kappa shape index (κ2) is 13.9. The van der Waals surface area contributed by atoms with Crippen molar-refractivity contribution in [3.8, 4) is 5.75 Å². The van der Waals surface area contributed by atoms with Gasteiger partial charge in [-0.25, -0.2) is 4.98 Å². The molecule has 3 rings (SSSR count). The van der Waals surface area contributed by atoms with Gasteiger partial charge in [-0.15, -0.1) is 0 Å². The quantitative estimate of drug-likeness (QED) is 0.687. The number of amides is 1. The minimum atomic E-state index is 0.473. The first kappa shape index (κ1) is 23.8. The van der Waals surface area contributed by atoms with Gasteiger partial charge in [0.25, 0.3) is 0 Å². The van der Waals surface area contributed by atoms with E-state index in [0.29, 0.717) is 12.2 Å². The number of halogens is 1. The first-order valence-corrected chi connectivity index (χ1v) is 9.55. The van der Waals surface area contributed by atoms with Crippen LogP contribution in [0.15, 0.2) is 35.1 Å². The van der Waals surface area contributed by atoms with Gasteiger partial charge in [-0.2, -0.15) is 0 Å². The number of carbonyl (C=O) groups excluding carboxylic acids is 1. The zero-order valence-electron chi connectivity index (χ0n) is 16.7. The molecule has 1 fully saturated rings. The van der Waals surface area contributed by atoms with Gasteiger partial charge in [-0.3, -0.25) is 9.78 Å². The van der Waals surface area contributed by atoms with Crippen molar-refractivity contribution in [2.24, 2.45) is 0 Å². The number of anilines is 2. The summed E-state index contributed by atoms with van der Waals surface area (Å²) in [4.78, 5) is 19.9. The molecule has 0 aliphatic carbocycles.